The molecule has 2 heterocycles. The molecule has 0 spiro atoms. The third-order valence-corrected chi connectivity index (χ3v) is 3.02. The summed E-state index contributed by atoms with van der Waals surface area (Å²) in [6, 6.07) is 8.94. The number of aryl methyl sites for hydroxylation is 1. The summed E-state index contributed by atoms with van der Waals surface area (Å²) < 4.78 is 10.2. The smallest absolute Gasteiger partial charge is 0.258 e. The summed E-state index contributed by atoms with van der Waals surface area (Å²) in [5.41, 5.74) is 8.79. The van der Waals surface area contributed by atoms with Crippen LogP contribution in [-0.2, 0) is 0 Å². The van der Waals surface area contributed by atoms with E-state index in [0.717, 1.165) is 16.8 Å². The van der Waals surface area contributed by atoms with Gasteiger partial charge in [-0.2, -0.15) is 4.98 Å². The molecule has 7 nitrogen and oxygen atoms in total. The normalized spacial score (nSPS) is 10.6. The number of nitrogen functional groups attached to an aromatic ring is 1. The van der Waals surface area contributed by atoms with Crippen molar-refractivity contribution in [1.82, 2.24) is 20.3 Å². The Balaban J connectivity index is 1.93. The van der Waals surface area contributed by atoms with E-state index in [1.807, 2.05) is 25.1 Å². The van der Waals surface area contributed by atoms with Crippen LogP contribution in [-0.4, -0.2) is 27.4 Å². The van der Waals surface area contributed by atoms with Gasteiger partial charge in [-0.25, -0.2) is 0 Å². The van der Waals surface area contributed by atoms with Gasteiger partial charge in [-0.3, -0.25) is 0 Å². The molecule has 0 aliphatic heterocycles. The van der Waals surface area contributed by atoms with Crippen molar-refractivity contribution < 1.29 is 9.26 Å². The summed E-state index contributed by atoms with van der Waals surface area (Å²) in [5, 5.41) is 11.8. The van der Waals surface area contributed by atoms with Gasteiger partial charge in [0, 0.05) is 17.3 Å². The molecule has 3 aromatic rings. The van der Waals surface area contributed by atoms with E-state index < -0.39 is 0 Å². The fourth-order valence-electron chi connectivity index (χ4n) is 1.80. The Morgan fingerprint density at radius 3 is 2.67 bits per heavy atom. The number of nitrogens with two attached hydrogens (primary N) is 1. The lowest BCUT2D eigenvalue weighted by molar-refractivity contribution is 0.392. The van der Waals surface area contributed by atoms with Crippen LogP contribution in [0.15, 0.2) is 34.9 Å². The predicted molar refractivity (Wildman–Crippen MR) is 76.5 cm³/mol. The minimum atomic E-state index is 0.370. The fraction of sp³-hybridized carbons (Fsp3) is 0.143. The number of benzene rings is 1. The minimum Gasteiger partial charge on any atom is -0.480 e. The van der Waals surface area contributed by atoms with Crippen LogP contribution in [0.5, 0.6) is 5.88 Å². The summed E-state index contributed by atoms with van der Waals surface area (Å²) in [6.07, 6.45) is 0. The van der Waals surface area contributed by atoms with E-state index in [1.54, 1.807) is 12.1 Å². The van der Waals surface area contributed by atoms with Crippen LogP contribution in [0.3, 0.4) is 0 Å². The first-order chi connectivity index (χ1) is 10.2. The SMILES string of the molecule is COc1ccc(-c2noc(-c3ccc(N)c(C)c3)n2)nn1. The van der Waals surface area contributed by atoms with Gasteiger partial charge < -0.3 is 15.0 Å². The molecule has 0 saturated heterocycles. The van der Waals surface area contributed by atoms with Gasteiger partial charge in [0.25, 0.3) is 5.89 Å². The molecule has 0 aliphatic rings. The highest BCUT2D eigenvalue weighted by molar-refractivity contribution is 5.62. The highest BCUT2D eigenvalue weighted by Gasteiger charge is 2.12. The summed E-state index contributed by atoms with van der Waals surface area (Å²) in [6.45, 7) is 1.92. The summed E-state index contributed by atoms with van der Waals surface area (Å²) in [5.74, 6) is 1.21. The van der Waals surface area contributed by atoms with Gasteiger partial charge in [0.15, 0.2) is 0 Å². The largest absolute Gasteiger partial charge is 0.480 e. The summed E-state index contributed by atoms with van der Waals surface area (Å²) >= 11 is 0. The number of aromatic nitrogens is 4. The molecule has 1 aromatic carbocycles. The average Bonchev–Trinajstić information content (AvgIpc) is 3.00. The minimum absolute atomic E-state index is 0.370. The van der Waals surface area contributed by atoms with E-state index in [1.165, 1.54) is 7.11 Å². The first-order valence-electron chi connectivity index (χ1n) is 6.25. The molecular formula is C14H13N5O2. The van der Waals surface area contributed by atoms with E-state index in [4.69, 9.17) is 15.0 Å². The molecule has 0 unspecified atom stereocenters. The Morgan fingerprint density at radius 2 is 2.00 bits per heavy atom. The molecule has 2 N–H and O–H groups in total. The molecule has 106 valence electrons. The summed E-state index contributed by atoms with van der Waals surface area (Å²) in [7, 11) is 1.53. The molecule has 0 radical (unpaired) electrons. The van der Waals surface area contributed by atoms with E-state index in [0.29, 0.717) is 23.3 Å². The molecule has 0 saturated carbocycles. The Kier molecular flexibility index (Phi) is 3.23. The Morgan fingerprint density at radius 1 is 1.14 bits per heavy atom. The Bertz CT molecular complexity index is 767. The third-order valence-electron chi connectivity index (χ3n) is 3.02. The van der Waals surface area contributed by atoms with Crippen molar-refractivity contribution in [3.8, 4) is 28.9 Å². The van der Waals surface area contributed by atoms with E-state index in [2.05, 4.69) is 20.3 Å². The van der Waals surface area contributed by atoms with Crippen molar-refractivity contribution in [3.63, 3.8) is 0 Å². The van der Waals surface area contributed by atoms with Gasteiger partial charge in [0.05, 0.1) is 7.11 Å². The van der Waals surface area contributed by atoms with Crippen LogP contribution in [0.4, 0.5) is 5.69 Å². The lowest BCUT2D eigenvalue weighted by Gasteiger charge is -2.00. The molecule has 0 fully saturated rings. The number of anilines is 1. The van der Waals surface area contributed by atoms with Crippen molar-refractivity contribution in [3.05, 3.63) is 35.9 Å². The molecule has 0 bridgehead atoms. The van der Waals surface area contributed by atoms with Crippen LogP contribution >= 0.6 is 0 Å². The van der Waals surface area contributed by atoms with E-state index >= 15 is 0 Å². The van der Waals surface area contributed by atoms with Crippen LogP contribution in [0.25, 0.3) is 23.0 Å². The molecule has 7 heteroatoms. The van der Waals surface area contributed by atoms with E-state index in [9.17, 15) is 0 Å². The highest BCUT2D eigenvalue weighted by atomic mass is 16.5. The predicted octanol–water partition coefficient (Wildman–Crippen LogP) is 2.09. The third kappa shape index (κ3) is 2.53. The molecule has 0 atom stereocenters. The van der Waals surface area contributed by atoms with E-state index in [-0.39, 0.29) is 0 Å². The molecule has 21 heavy (non-hydrogen) atoms. The number of rotatable bonds is 3. The maximum absolute atomic E-state index is 5.79. The lowest BCUT2D eigenvalue weighted by atomic mass is 10.1. The second-order valence-electron chi connectivity index (χ2n) is 4.46. The van der Waals surface area contributed by atoms with Gasteiger partial charge >= 0.3 is 0 Å². The molecule has 3 rings (SSSR count). The zero-order valence-corrected chi connectivity index (χ0v) is 11.6. The zero-order chi connectivity index (χ0) is 14.8. The second kappa shape index (κ2) is 5.20. The zero-order valence-electron chi connectivity index (χ0n) is 11.6. The van der Waals surface area contributed by atoms with Crippen molar-refractivity contribution in [2.24, 2.45) is 0 Å². The van der Waals surface area contributed by atoms with Crippen molar-refractivity contribution >= 4 is 5.69 Å². The molecule has 0 aliphatic carbocycles. The van der Waals surface area contributed by atoms with Gasteiger partial charge in [-0.05, 0) is 36.8 Å². The topological polar surface area (TPSA) is 100.0 Å². The van der Waals surface area contributed by atoms with Gasteiger partial charge in [-0.15, -0.1) is 10.2 Å². The number of hydrogen-bond donors (Lipinski definition) is 1. The maximum Gasteiger partial charge on any atom is 0.258 e. The highest BCUT2D eigenvalue weighted by Crippen LogP contribution is 2.24. The Labute approximate surface area is 120 Å². The number of ether oxygens (including phenoxy) is 1. The van der Waals surface area contributed by atoms with Gasteiger partial charge in [0.1, 0.15) is 5.69 Å². The summed E-state index contributed by atoms with van der Waals surface area (Å²) in [4.78, 5) is 4.32. The monoisotopic (exact) mass is 283 g/mol. The van der Waals surface area contributed by atoms with Crippen LogP contribution in [0.2, 0.25) is 0 Å². The van der Waals surface area contributed by atoms with Crippen LogP contribution < -0.4 is 10.5 Å². The maximum atomic E-state index is 5.79. The van der Waals surface area contributed by atoms with Crippen LogP contribution in [0.1, 0.15) is 5.56 Å². The van der Waals surface area contributed by atoms with Gasteiger partial charge in [0.2, 0.25) is 11.7 Å². The quantitative estimate of drug-likeness (QED) is 0.734. The van der Waals surface area contributed by atoms with Crippen molar-refractivity contribution in [1.29, 1.82) is 0 Å². The first kappa shape index (κ1) is 13.0. The van der Waals surface area contributed by atoms with Gasteiger partial charge in [-0.1, -0.05) is 5.16 Å². The fourth-order valence-corrected chi connectivity index (χ4v) is 1.80. The first-order valence-corrected chi connectivity index (χ1v) is 6.25. The van der Waals surface area contributed by atoms with Crippen LogP contribution in [0, 0.1) is 6.92 Å². The number of methoxy groups -OCH3 is 1. The molecular weight excluding hydrogens is 270 g/mol. The van der Waals surface area contributed by atoms with Crippen molar-refractivity contribution in [2.45, 2.75) is 6.92 Å². The standard InChI is InChI=1S/C14H13N5O2/c1-8-7-9(3-4-10(8)15)14-16-13(19-21-14)11-5-6-12(20-2)18-17-11/h3-7H,15H2,1-2H3. The van der Waals surface area contributed by atoms with Crippen molar-refractivity contribution in [2.75, 3.05) is 12.8 Å². The molecule has 0 amide bonds. The molecule has 2 aromatic heterocycles. The number of hydrogen-bond acceptors (Lipinski definition) is 7. The Hall–Kier alpha value is -2.96. The second-order valence-corrected chi connectivity index (χ2v) is 4.46. The number of nitrogens with zero attached hydrogens (tertiary/aromatic N) is 4. The lowest BCUT2D eigenvalue weighted by Crippen LogP contribution is -1.93. The average molecular weight is 283 g/mol.